The number of carbonyl (C=O) groups is 3. The Bertz CT molecular complexity index is 1150. The first-order valence-corrected chi connectivity index (χ1v) is 11.6. The van der Waals surface area contributed by atoms with Crippen molar-refractivity contribution in [2.75, 3.05) is 25.0 Å². The van der Waals surface area contributed by atoms with Crippen LogP contribution in [0.25, 0.3) is 0 Å². The lowest BCUT2D eigenvalue weighted by molar-refractivity contribution is -0.142. The Hall–Kier alpha value is -4.20. The van der Waals surface area contributed by atoms with E-state index in [0.29, 0.717) is 17.9 Å². The zero-order valence-electron chi connectivity index (χ0n) is 19.7. The monoisotopic (exact) mass is 471 g/mol. The number of carbonyl (C=O) groups excluding carboxylic acids is 3. The lowest BCUT2D eigenvalue weighted by Crippen LogP contribution is -2.62. The van der Waals surface area contributed by atoms with E-state index in [1.54, 1.807) is 22.1 Å². The number of anilines is 1. The van der Waals surface area contributed by atoms with Gasteiger partial charge in [-0.05, 0) is 36.8 Å². The number of benzene rings is 2. The maximum atomic E-state index is 13.2. The third-order valence-corrected chi connectivity index (χ3v) is 5.96. The Balaban J connectivity index is 1.46. The van der Waals surface area contributed by atoms with Gasteiger partial charge < -0.3 is 20.4 Å². The summed E-state index contributed by atoms with van der Waals surface area (Å²) in [5, 5.41) is 5.76. The molecule has 8 heteroatoms. The molecular formula is C27H29N5O3. The number of urea groups is 1. The van der Waals surface area contributed by atoms with E-state index in [1.165, 1.54) is 0 Å². The highest BCUT2D eigenvalue weighted by molar-refractivity contribution is 5.92. The van der Waals surface area contributed by atoms with E-state index in [9.17, 15) is 14.4 Å². The number of pyridine rings is 1. The summed E-state index contributed by atoms with van der Waals surface area (Å²) in [6, 6.07) is 21.3. The molecule has 35 heavy (non-hydrogen) atoms. The van der Waals surface area contributed by atoms with Crippen LogP contribution < -0.4 is 10.6 Å². The summed E-state index contributed by atoms with van der Waals surface area (Å²) in [6.45, 7) is 2.93. The fourth-order valence-corrected chi connectivity index (χ4v) is 4.00. The number of nitrogens with one attached hydrogen (secondary N) is 2. The van der Waals surface area contributed by atoms with Crippen molar-refractivity contribution >= 4 is 23.5 Å². The van der Waals surface area contributed by atoms with Crippen molar-refractivity contribution in [1.29, 1.82) is 0 Å². The zero-order valence-corrected chi connectivity index (χ0v) is 19.7. The number of aromatic nitrogens is 1. The van der Waals surface area contributed by atoms with Gasteiger partial charge in [-0.3, -0.25) is 14.6 Å². The lowest BCUT2D eigenvalue weighted by Gasteiger charge is -2.40. The van der Waals surface area contributed by atoms with E-state index in [4.69, 9.17) is 0 Å². The maximum Gasteiger partial charge on any atom is 0.321 e. The second kappa shape index (κ2) is 11.3. The molecule has 0 bridgehead atoms. The maximum absolute atomic E-state index is 13.2. The predicted octanol–water partition coefficient (Wildman–Crippen LogP) is 2.99. The number of amides is 4. The molecule has 4 amide bonds. The predicted molar refractivity (Wildman–Crippen MR) is 134 cm³/mol. The topological polar surface area (TPSA) is 94.6 Å². The van der Waals surface area contributed by atoms with Gasteiger partial charge in [0, 0.05) is 25.0 Å². The Labute approximate surface area is 205 Å². The van der Waals surface area contributed by atoms with Gasteiger partial charge in [0.2, 0.25) is 11.8 Å². The van der Waals surface area contributed by atoms with Crippen LogP contribution >= 0.6 is 0 Å². The molecule has 0 aliphatic carbocycles. The molecule has 1 aliphatic rings. The van der Waals surface area contributed by atoms with Crippen molar-refractivity contribution < 1.29 is 14.4 Å². The number of piperazine rings is 1. The Kier molecular flexibility index (Phi) is 7.72. The minimum absolute atomic E-state index is 0.103. The summed E-state index contributed by atoms with van der Waals surface area (Å²) in [6.07, 6.45) is 1.86. The standard InChI is InChI=1S/C27H29N5O3/c1-20-10-12-22(13-11-20)30-27(35)31-15-16-32(25(33)17-21-7-3-2-4-8-21)24(19-31)26(34)29-18-23-9-5-6-14-28-23/h2-14,24H,15-19H2,1H3,(H,29,34)(H,30,35). The van der Waals surface area contributed by atoms with Crippen molar-refractivity contribution in [3.8, 4) is 0 Å². The van der Waals surface area contributed by atoms with Crippen LogP contribution in [0.4, 0.5) is 10.5 Å². The van der Waals surface area contributed by atoms with E-state index in [2.05, 4.69) is 15.6 Å². The first-order chi connectivity index (χ1) is 17.0. The summed E-state index contributed by atoms with van der Waals surface area (Å²) in [4.78, 5) is 46.7. The van der Waals surface area contributed by atoms with E-state index >= 15 is 0 Å². The van der Waals surface area contributed by atoms with Crippen LogP contribution in [-0.2, 0) is 22.6 Å². The average Bonchev–Trinajstić information content (AvgIpc) is 2.89. The minimum Gasteiger partial charge on any atom is -0.349 e. The summed E-state index contributed by atoms with van der Waals surface area (Å²) >= 11 is 0. The van der Waals surface area contributed by atoms with Crippen molar-refractivity contribution in [2.24, 2.45) is 0 Å². The molecule has 180 valence electrons. The quantitative estimate of drug-likeness (QED) is 0.578. The Morgan fingerprint density at radius 2 is 1.69 bits per heavy atom. The van der Waals surface area contributed by atoms with E-state index in [-0.39, 0.29) is 43.9 Å². The molecule has 1 unspecified atom stereocenters. The van der Waals surface area contributed by atoms with Gasteiger partial charge in [-0.1, -0.05) is 54.1 Å². The number of rotatable bonds is 6. The number of hydrogen-bond donors (Lipinski definition) is 2. The van der Waals surface area contributed by atoms with Crippen LogP contribution in [0.5, 0.6) is 0 Å². The van der Waals surface area contributed by atoms with Gasteiger partial charge in [0.25, 0.3) is 0 Å². The fraction of sp³-hybridized carbons (Fsp3) is 0.259. The molecule has 0 spiro atoms. The van der Waals surface area contributed by atoms with Crippen LogP contribution in [0.15, 0.2) is 79.0 Å². The Morgan fingerprint density at radius 3 is 2.40 bits per heavy atom. The highest BCUT2D eigenvalue weighted by Gasteiger charge is 2.36. The summed E-state index contributed by atoms with van der Waals surface area (Å²) in [5.74, 6) is -0.460. The third-order valence-electron chi connectivity index (χ3n) is 5.96. The fourth-order valence-electron chi connectivity index (χ4n) is 4.00. The minimum atomic E-state index is -0.799. The molecule has 1 saturated heterocycles. The van der Waals surface area contributed by atoms with Gasteiger partial charge in [-0.25, -0.2) is 4.79 Å². The van der Waals surface area contributed by atoms with Crippen molar-refractivity contribution in [3.05, 3.63) is 95.8 Å². The van der Waals surface area contributed by atoms with Gasteiger partial charge in [0.05, 0.1) is 25.2 Å². The molecule has 1 atom stereocenters. The number of hydrogen-bond acceptors (Lipinski definition) is 4. The number of aryl methyl sites for hydroxylation is 1. The first-order valence-electron chi connectivity index (χ1n) is 11.6. The van der Waals surface area contributed by atoms with Crippen molar-refractivity contribution in [2.45, 2.75) is 25.9 Å². The lowest BCUT2D eigenvalue weighted by atomic mass is 10.1. The summed E-state index contributed by atoms with van der Waals surface area (Å²) in [7, 11) is 0. The molecule has 0 radical (unpaired) electrons. The second-order valence-corrected chi connectivity index (χ2v) is 8.55. The average molecular weight is 472 g/mol. The normalized spacial score (nSPS) is 15.4. The number of nitrogens with zero attached hydrogens (tertiary/aromatic N) is 3. The van der Waals surface area contributed by atoms with Crippen molar-refractivity contribution in [3.63, 3.8) is 0 Å². The SMILES string of the molecule is Cc1ccc(NC(=O)N2CCN(C(=O)Cc3ccccc3)C(C(=O)NCc3ccccn3)C2)cc1. The smallest absolute Gasteiger partial charge is 0.321 e. The van der Waals surface area contributed by atoms with Crippen LogP contribution in [-0.4, -0.2) is 58.3 Å². The van der Waals surface area contributed by atoms with Crippen LogP contribution in [0.1, 0.15) is 16.8 Å². The molecule has 4 rings (SSSR count). The van der Waals surface area contributed by atoms with Gasteiger partial charge in [0.15, 0.2) is 0 Å². The van der Waals surface area contributed by atoms with E-state index in [0.717, 1.165) is 11.1 Å². The molecule has 0 saturated carbocycles. The first kappa shape index (κ1) is 23.9. The highest BCUT2D eigenvalue weighted by Crippen LogP contribution is 2.16. The third kappa shape index (κ3) is 6.44. The molecule has 2 heterocycles. The largest absolute Gasteiger partial charge is 0.349 e. The molecule has 2 aromatic carbocycles. The molecule has 1 aromatic heterocycles. The van der Waals surface area contributed by atoms with E-state index in [1.807, 2.05) is 73.7 Å². The molecule has 2 N–H and O–H groups in total. The second-order valence-electron chi connectivity index (χ2n) is 8.55. The van der Waals surface area contributed by atoms with Gasteiger partial charge in [0.1, 0.15) is 6.04 Å². The molecule has 1 fully saturated rings. The van der Waals surface area contributed by atoms with Crippen LogP contribution in [0, 0.1) is 6.92 Å². The molecule has 1 aliphatic heterocycles. The van der Waals surface area contributed by atoms with Gasteiger partial charge in [-0.2, -0.15) is 0 Å². The molecule has 8 nitrogen and oxygen atoms in total. The van der Waals surface area contributed by atoms with E-state index < -0.39 is 6.04 Å². The highest BCUT2D eigenvalue weighted by atomic mass is 16.2. The summed E-state index contributed by atoms with van der Waals surface area (Å²) in [5.41, 5.74) is 3.37. The van der Waals surface area contributed by atoms with Crippen LogP contribution in [0.3, 0.4) is 0 Å². The van der Waals surface area contributed by atoms with Gasteiger partial charge in [-0.15, -0.1) is 0 Å². The zero-order chi connectivity index (χ0) is 24.6. The van der Waals surface area contributed by atoms with Crippen molar-refractivity contribution in [1.82, 2.24) is 20.1 Å². The van der Waals surface area contributed by atoms with Gasteiger partial charge >= 0.3 is 6.03 Å². The Morgan fingerprint density at radius 1 is 0.943 bits per heavy atom. The molecule has 3 aromatic rings. The summed E-state index contributed by atoms with van der Waals surface area (Å²) < 4.78 is 0. The molecular weight excluding hydrogens is 442 g/mol. The van der Waals surface area contributed by atoms with Crippen LogP contribution in [0.2, 0.25) is 0 Å².